The molecule has 0 aromatic rings. The molecule has 17 heteroatoms. The molecular formula is C26H34FN4O12-. The van der Waals surface area contributed by atoms with E-state index in [1.807, 2.05) is 0 Å². The lowest BCUT2D eigenvalue weighted by Gasteiger charge is -2.66. The molecule has 4 fully saturated rings. The van der Waals surface area contributed by atoms with Gasteiger partial charge in [-0.25, -0.2) is 4.39 Å². The Hall–Kier alpha value is -3.44. The lowest BCUT2D eigenvalue weighted by Crippen LogP contribution is -2.77. The summed E-state index contributed by atoms with van der Waals surface area (Å²) < 4.78 is 24.1. The largest absolute Gasteiger partial charge is 0.783 e. The molecule has 3 unspecified atom stereocenters. The van der Waals surface area contributed by atoms with Crippen molar-refractivity contribution in [1.82, 2.24) is 5.06 Å². The predicted octanol–water partition coefficient (Wildman–Crippen LogP) is 3.28. The maximum Gasteiger partial charge on any atom is 0.295 e. The molecule has 0 bridgehead atoms. The Balaban J connectivity index is 1.76. The second kappa shape index (κ2) is 9.53. The van der Waals surface area contributed by atoms with Crippen LogP contribution < -0.4 is 0 Å². The molecule has 9 atom stereocenters. The molecule has 1 saturated heterocycles. The fourth-order valence-corrected chi connectivity index (χ4v) is 9.44. The van der Waals surface area contributed by atoms with Crippen molar-refractivity contribution >= 4 is 5.78 Å². The molecule has 0 amide bonds. The van der Waals surface area contributed by atoms with Gasteiger partial charge in [0.1, 0.15) is 12.7 Å². The highest BCUT2D eigenvalue weighted by Crippen LogP contribution is 2.74. The quantitative estimate of drug-likeness (QED) is 0.284. The van der Waals surface area contributed by atoms with Crippen molar-refractivity contribution < 1.29 is 43.7 Å². The molecule has 16 nitrogen and oxygen atoms in total. The summed E-state index contributed by atoms with van der Waals surface area (Å²) in [6, 6.07) is 0. The molecule has 5 rings (SSSR count). The third-order valence-corrected chi connectivity index (χ3v) is 11.1. The maximum absolute atomic E-state index is 18.0. The lowest BCUT2D eigenvalue weighted by atomic mass is 9.44. The number of ketones is 1. The Bertz CT molecular complexity index is 1330. The molecular weight excluding hydrogens is 579 g/mol. The van der Waals surface area contributed by atoms with Crippen LogP contribution in [-0.2, 0) is 24.0 Å². The second-order valence-electron chi connectivity index (χ2n) is 13.4. The number of ether oxygens (including phenoxy) is 1. The fourth-order valence-electron chi connectivity index (χ4n) is 9.44. The van der Waals surface area contributed by atoms with Crippen LogP contribution in [0.5, 0.6) is 0 Å². The van der Waals surface area contributed by atoms with E-state index < -0.39 is 85.5 Å². The highest BCUT2D eigenvalue weighted by molar-refractivity contribution is 6.01. The van der Waals surface area contributed by atoms with E-state index >= 15 is 4.39 Å². The average molecular weight is 614 g/mol. The van der Waals surface area contributed by atoms with Gasteiger partial charge in [-0.15, -0.1) is 30.3 Å². The van der Waals surface area contributed by atoms with Gasteiger partial charge in [0.15, 0.2) is 22.8 Å². The first-order chi connectivity index (χ1) is 19.8. The zero-order valence-electron chi connectivity index (χ0n) is 24.3. The van der Waals surface area contributed by atoms with Gasteiger partial charge in [-0.05, 0) is 70.4 Å². The van der Waals surface area contributed by atoms with Crippen molar-refractivity contribution in [2.75, 3.05) is 13.2 Å². The molecule has 0 radical (unpaired) electrons. The minimum atomic E-state index is -2.49. The number of carbonyl (C=O) groups excluding carboxylic acids is 1. The average Bonchev–Trinajstić information content (AvgIpc) is 3.26. The normalized spacial score (nSPS) is 44.9. The highest BCUT2D eigenvalue weighted by atomic mass is 19.1. The van der Waals surface area contributed by atoms with E-state index in [1.54, 1.807) is 13.8 Å². The monoisotopic (exact) mass is 613 g/mol. The van der Waals surface area contributed by atoms with Crippen LogP contribution in [0.25, 0.3) is 0 Å². The van der Waals surface area contributed by atoms with Gasteiger partial charge in [-0.2, -0.15) is 0 Å². The number of alkyl halides is 1. The topological polar surface area (TPSA) is 210 Å². The molecule has 3 saturated carbocycles. The number of hydroxylamine groups is 2. The van der Waals surface area contributed by atoms with E-state index in [1.165, 1.54) is 39.0 Å². The first kappa shape index (κ1) is 31.0. The molecule has 0 spiro atoms. The minimum Gasteiger partial charge on any atom is -0.783 e. The minimum absolute atomic E-state index is 0.0431. The van der Waals surface area contributed by atoms with Crippen molar-refractivity contribution in [3.05, 3.63) is 59.4 Å². The van der Waals surface area contributed by atoms with Crippen molar-refractivity contribution in [2.24, 2.45) is 28.6 Å². The van der Waals surface area contributed by atoms with Gasteiger partial charge in [0.25, 0.3) is 15.3 Å². The third-order valence-electron chi connectivity index (χ3n) is 11.1. The Morgan fingerprint density at radius 1 is 1.09 bits per heavy atom. The Morgan fingerprint density at radius 2 is 1.77 bits per heavy atom. The first-order valence-corrected chi connectivity index (χ1v) is 14.0. The first-order valence-electron chi connectivity index (χ1n) is 14.0. The van der Waals surface area contributed by atoms with E-state index in [2.05, 4.69) is 0 Å². The molecule has 1 heterocycles. The Morgan fingerprint density at radius 3 is 2.33 bits per heavy atom. The molecule has 5 aliphatic rings. The maximum atomic E-state index is 18.0. The van der Waals surface area contributed by atoms with Gasteiger partial charge in [0, 0.05) is 22.3 Å². The van der Waals surface area contributed by atoms with Crippen LogP contribution in [-0.4, -0.2) is 68.0 Å². The summed E-state index contributed by atoms with van der Waals surface area (Å²) in [6.07, 6.45) is 1.91. The SMILES string of the molecule is C[C@@H]1CC2C3CCC4=CC(=O)C=C[C@]4(C)[C@@]3(F)[C@@H](O[N+](=O)[O-])C[C@]2(C)[C@@]1(O[N+](=O)[O-])C1(CO[N+](=O)[O-])OCC(C)(C)N1[O-]. The van der Waals surface area contributed by atoms with E-state index in [4.69, 9.17) is 19.2 Å². The summed E-state index contributed by atoms with van der Waals surface area (Å²) in [4.78, 5) is 63.0. The second-order valence-corrected chi connectivity index (χ2v) is 13.4. The van der Waals surface area contributed by atoms with E-state index in [-0.39, 0.29) is 31.7 Å². The van der Waals surface area contributed by atoms with Crippen molar-refractivity contribution in [3.8, 4) is 0 Å². The summed E-state index contributed by atoms with van der Waals surface area (Å²) in [5.74, 6) is -3.16. The van der Waals surface area contributed by atoms with Crippen LogP contribution >= 0.6 is 0 Å². The number of allylic oxidation sites excluding steroid dienone is 4. The Kier molecular flexibility index (Phi) is 6.87. The summed E-state index contributed by atoms with van der Waals surface area (Å²) in [7, 11) is 0. The molecule has 0 aromatic heterocycles. The van der Waals surface area contributed by atoms with E-state index in [9.17, 15) is 40.3 Å². The number of halogens is 1. The Labute approximate surface area is 245 Å². The van der Waals surface area contributed by atoms with Gasteiger partial charge >= 0.3 is 0 Å². The molecule has 1 aliphatic heterocycles. The van der Waals surface area contributed by atoms with Crippen LogP contribution in [0.4, 0.5) is 4.39 Å². The predicted molar refractivity (Wildman–Crippen MR) is 140 cm³/mol. The van der Waals surface area contributed by atoms with Crippen LogP contribution in [0.3, 0.4) is 0 Å². The zero-order chi connectivity index (χ0) is 32.0. The summed E-state index contributed by atoms with van der Waals surface area (Å²) in [6.45, 7) is 6.14. The van der Waals surface area contributed by atoms with Gasteiger partial charge < -0.3 is 29.5 Å². The van der Waals surface area contributed by atoms with Crippen molar-refractivity contribution in [1.29, 1.82) is 0 Å². The van der Waals surface area contributed by atoms with Gasteiger partial charge in [0.2, 0.25) is 0 Å². The van der Waals surface area contributed by atoms with Crippen LogP contribution in [0.15, 0.2) is 23.8 Å². The number of hydrogen-bond acceptors (Lipinski definition) is 13. The highest BCUT2D eigenvalue weighted by Gasteiger charge is 2.82. The number of fused-ring (bicyclic) bond motifs is 5. The summed E-state index contributed by atoms with van der Waals surface area (Å²) >= 11 is 0. The van der Waals surface area contributed by atoms with E-state index in [0.29, 0.717) is 10.6 Å². The van der Waals surface area contributed by atoms with E-state index in [0.717, 1.165) is 0 Å². The standard InChI is InChI=1S/C26H34FN4O12/c1-15-10-19-18-7-6-16-11-17(32)8-9-22(16,4)25(18,27)20(42-30(36)37)12-23(19,5)26(15,43-31(38)39)24(14-41-29(34)35)28(33)21(2,3)13-40-24/h8-9,11,15,18-20H,6-7,10,12-14H2,1-5H3/q-1/t15-,18?,19?,20+,22+,23+,24?,25+,26-/m1/s1. The smallest absolute Gasteiger partial charge is 0.295 e. The zero-order valence-corrected chi connectivity index (χ0v) is 24.3. The molecule has 238 valence electrons. The molecule has 4 aliphatic carbocycles. The molecule has 43 heavy (non-hydrogen) atoms. The number of carbonyl (C=O) groups is 1. The van der Waals surface area contributed by atoms with Gasteiger partial charge in [-0.1, -0.05) is 25.5 Å². The molecule has 0 N–H and O–H groups in total. The number of nitrogens with zero attached hydrogens (tertiary/aromatic N) is 4. The van der Waals surface area contributed by atoms with Gasteiger partial charge in [0.05, 0.1) is 6.61 Å². The summed E-state index contributed by atoms with van der Waals surface area (Å²) in [5.41, 5.74) is -11.4. The summed E-state index contributed by atoms with van der Waals surface area (Å²) in [5, 5.41) is 46.6. The lowest BCUT2D eigenvalue weighted by molar-refractivity contribution is -0.803. The van der Waals surface area contributed by atoms with Crippen LogP contribution in [0.2, 0.25) is 0 Å². The fraction of sp³-hybridized carbons (Fsp3) is 0.808. The molecule has 0 aromatic carbocycles. The van der Waals surface area contributed by atoms with Crippen molar-refractivity contribution in [2.45, 2.75) is 88.9 Å². The van der Waals surface area contributed by atoms with Gasteiger partial charge in [-0.3, -0.25) is 4.79 Å². The third kappa shape index (κ3) is 3.86. The number of hydrogen-bond donors (Lipinski definition) is 0. The number of rotatable bonds is 8. The van der Waals surface area contributed by atoms with Crippen LogP contribution in [0, 0.1) is 64.1 Å². The van der Waals surface area contributed by atoms with Crippen LogP contribution in [0.1, 0.15) is 60.3 Å². The van der Waals surface area contributed by atoms with Crippen molar-refractivity contribution in [3.63, 3.8) is 0 Å².